The van der Waals surface area contributed by atoms with Crippen LogP contribution >= 0.6 is 27.7 Å². The normalized spacial score (nSPS) is 14.0. The van der Waals surface area contributed by atoms with Crippen LogP contribution in [0.1, 0.15) is 39.4 Å². The summed E-state index contributed by atoms with van der Waals surface area (Å²) in [5.74, 6) is 6.58. The van der Waals surface area contributed by atoms with Crippen molar-refractivity contribution in [3.8, 4) is 0 Å². The van der Waals surface area contributed by atoms with E-state index in [1.165, 1.54) is 0 Å². The summed E-state index contributed by atoms with van der Waals surface area (Å²) in [5.41, 5.74) is 4.00. The quantitative estimate of drug-likeness (QED) is 0.647. The van der Waals surface area contributed by atoms with E-state index in [-0.39, 0.29) is 10.8 Å². The van der Waals surface area contributed by atoms with E-state index in [0.717, 1.165) is 22.5 Å². The molecule has 3 N–H and O–H groups in total. The van der Waals surface area contributed by atoms with Gasteiger partial charge in [0.05, 0.1) is 22.4 Å². The maximum Gasteiger partial charge on any atom is 0.0730 e. The molecular formula is C11H21BrN4S. The molecule has 0 aliphatic heterocycles. The van der Waals surface area contributed by atoms with E-state index in [1.54, 1.807) is 0 Å². The predicted octanol–water partition coefficient (Wildman–Crippen LogP) is 2.70. The monoisotopic (exact) mass is 320 g/mol. The Morgan fingerprint density at radius 2 is 2.24 bits per heavy atom. The molecule has 98 valence electrons. The largest absolute Gasteiger partial charge is 0.271 e. The average Bonchev–Trinajstić information content (AvgIpc) is 2.60. The van der Waals surface area contributed by atoms with Crippen molar-refractivity contribution in [2.45, 2.75) is 45.0 Å². The number of nitrogens with one attached hydrogen (secondary N) is 1. The fourth-order valence-electron chi connectivity index (χ4n) is 1.51. The predicted molar refractivity (Wildman–Crippen MR) is 77.9 cm³/mol. The van der Waals surface area contributed by atoms with Gasteiger partial charge in [0, 0.05) is 17.0 Å². The Hall–Kier alpha value is -0.0400. The van der Waals surface area contributed by atoms with Crippen LogP contribution in [-0.2, 0) is 6.54 Å². The van der Waals surface area contributed by atoms with Crippen LogP contribution in [-0.4, -0.2) is 20.3 Å². The minimum Gasteiger partial charge on any atom is -0.271 e. The second-order valence-corrected chi connectivity index (χ2v) is 7.54. The summed E-state index contributed by atoms with van der Waals surface area (Å²) >= 11 is 5.42. The summed E-state index contributed by atoms with van der Waals surface area (Å²) in [6.45, 7) is 9.54. The van der Waals surface area contributed by atoms with Crippen LogP contribution in [0.25, 0.3) is 0 Å². The van der Waals surface area contributed by atoms with Crippen molar-refractivity contribution in [3.05, 3.63) is 16.4 Å². The van der Waals surface area contributed by atoms with E-state index < -0.39 is 0 Å². The molecule has 1 heterocycles. The first-order valence-electron chi connectivity index (χ1n) is 5.70. The maximum atomic E-state index is 5.66. The Morgan fingerprint density at radius 1 is 1.59 bits per heavy atom. The molecule has 1 unspecified atom stereocenters. The van der Waals surface area contributed by atoms with Crippen molar-refractivity contribution in [2.75, 3.05) is 5.75 Å². The van der Waals surface area contributed by atoms with Gasteiger partial charge in [-0.3, -0.25) is 16.0 Å². The average molecular weight is 321 g/mol. The number of aryl methyl sites for hydroxylation is 1. The highest BCUT2D eigenvalue weighted by Crippen LogP contribution is 2.30. The van der Waals surface area contributed by atoms with Gasteiger partial charge in [0.2, 0.25) is 0 Å². The molecule has 0 aromatic carbocycles. The smallest absolute Gasteiger partial charge is 0.0730 e. The molecule has 4 nitrogen and oxygen atoms in total. The van der Waals surface area contributed by atoms with Gasteiger partial charge in [-0.25, -0.2) is 0 Å². The zero-order chi connectivity index (χ0) is 13.1. The highest BCUT2D eigenvalue weighted by Gasteiger charge is 2.21. The van der Waals surface area contributed by atoms with E-state index in [1.807, 2.05) is 22.6 Å². The second kappa shape index (κ2) is 6.22. The zero-order valence-electron chi connectivity index (χ0n) is 10.8. The first-order chi connectivity index (χ1) is 7.89. The Labute approximate surface area is 116 Å². The lowest BCUT2D eigenvalue weighted by Crippen LogP contribution is -2.32. The molecular weight excluding hydrogens is 300 g/mol. The zero-order valence-corrected chi connectivity index (χ0v) is 13.2. The number of hydrazine groups is 1. The van der Waals surface area contributed by atoms with Gasteiger partial charge in [-0.15, -0.1) is 0 Å². The number of rotatable bonds is 5. The molecule has 0 radical (unpaired) electrons. The van der Waals surface area contributed by atoms with Crippen molar-refractivity contribution < 1.29 is 0 Å². The Bertz CT molecular complexity index is 359. The molecule has 17 heavy (non-hydrogen) atoms. The third-order valence-electron chi connectivity index (χ3n) is 2.35. The summed E-state index contributed by atoms with van der Waals surface area (Å²) < 4.78 is 3.22. The fraction of sp³-hybridized carbons (Fsp3) is 0.727. The van der Waals surface area contributed by atoms with E-state index >= 15 is 0 Å². The van der Waals surface area contributed by atoms with Gasteiger partial charge < -0.3 is 0 Å². The number of halogens is 1. The number of aromatic nitrogens is 2. The van der Waals surface area contributed by atoms with Gasteiger partial charge in [-0.1, -0.05) is 20.8 Å². The molecule has 0 saturated heterocycles. The third kappa shape index (κ3) is 4.28. The first-order valence-corrected chi connectivity index (χ1v) is 7.48. The number of nitrogens with zero attached hydrogens (tertiary/aromatic N) is 2. The van der Waals surface area contributed by atoms with Gasteiger partial charge in [0.25, 0.3) is 0 Å². The Balaban J connectivity index is 2.82. The van der Waals surface area contributed by atoms with Crippen LogP contribution in [0, 0.1) is 0 Å². The summed E-state index contributed by atoms with van der Waals surface area (Å²) in [7, 11) is 0. The topological polar surface area (TPSA) is 55.9 Å². The van der Waals surface area contributed by atoms with Crippen LogP contribution in [0.3, 0.4) is 0 Å². The van der Waals surface area contributed by atoms with Gasteiger partial charge >= 0.3 is 0 Å². The summed E-state index contributed by atoms with van der Waals surface area (Å²) in [6.07, 6.45) is 1.82. The van der Waals surface area contributed by atoms with Crippen molar-refractivity contribution in [3.63, 3.8) is 0 Å². The van der Waals surface area contributed by atoms with E-state index in [4.69, 9.17) is 5.84 Å². The number of hydrogen-bond acceptors (Lipinski definition) is 4. The molecule has 0 bridgehead atoms. The van der Waals surface area contributed by atoms with Gasteiger partial charge in [-0.05, 0) is 22.9 Å². The fourth-order valence-corrected chi connectivity index (χ4v) is 3.00. The highest BCUT2D eigenvalue weighted by molar-refractivity contribution is 9.10. The molecule has 0 fully saturated rings. The molecule has 1 aromatic rings. The summed E-state index contributed by atoms with van der Waals surface area (Å²) in [5, 5.41) is 4.31. The highest BCUT2D eigenvalue weighted by atomic mass is 79.9. The maximum absolute atomic E-state index is 5.66. The molecule has 0 amide bonds. The molecule has 1 atom stereocenters. The van der Waals surface area contributed by atoms with Gasteiger partial charge in [-0.2, -0.15) is 16.9 Å². The second-order valence-electron chi connectivity index (χ2n) is 4.84. The van der Waals surface area contributed by atoms with Crippen molar-refractivity contribution in [2.24, 2.45) is 5.84 Å². The lowest BCUT2D eigenvalue weighted by Gasteiger charge is -2.23. The lowest BCUT2D eigenvalue weighted by atomic mass is 10.2. The van der Waals surface area contributed by atoms with Crippen LogP contribution in [0.15, 0.2) is 10.7 Å². The summed E-state index contributed by atoms with van der Waals surface area (Å²) in [4.78, 5) is 0. The molecule has 0 aliphatic carbocycles. The van der Waals surface area contributed by atoms with Crippen LogP contribution < -0.4 is 11.3 Å². The van der Waals surface area contributed by atoms with Crippen molar-refractivity contribution in [1.29, 1.82) is 0 Å². The van der Waals surface area contributed by atoms with Crippen molar-refractivity contribution >= 4 is 27.7 Å². The van der Waals surface area contributed by atoms with Crippen LogP contribution in [0.5, 0.6) is 0 Å². The van der Waals surface area contributed by atoms with Gasteiger partial charge in [0.1, 0.15) is 0 Å². The molecule has 0 aliphatic rings. The minimum absolute atomic E-state index is 0.107. The molecule has 1 aromatic heterocycles. The summed E-state index contributed by atoms with van der Waals surface area (Å²) in [6, 6.07) is 0.107. The van der Waals surface area contributed by atoms with Crippen LogP contribution in [0.4, 0.5) is 0 Å². The van der Waals surface area contributed by atoms with E-state index in [2.05, 4.69) is 54.1 Å². The SMILES string of the molecule is CCn1ncc(Br)c1C(CSC(C)(C)C)NN. The Morgan fingerprint density at radius 3 is 2.71 bits per heavy atom. The Kier molecular flexibility index (Phi) is 5.50. The molecule has 0 saturated carbocycles. The molecule has 0 spiro atoms. The third-order valence-corrected chi connectivity index (χ3v) is 4.32. The lowest BCUT2D eigenvalue weighted by molar-refractivity contribution is 0.525. The van der Waals surface area contributed by atoms with Crippen LogP contribution in [0.2, 0.25) is 0 Å². The van der Waals surface area contributed by atoms with Crippen molar-refractivity contribution in [1.82, 2.24) is 15.2 Å². The molecule has 1 rings (SSSR count). The number of thioether (sulfide) groups is 1. The minimum atomic E-state index is 0.107. The number of nitrogens with two attached hydrogens (primary N) is 1. The van der Waals surface area contributed by atoms with Gasteiger partial charge in [0.15, 0.2) is 0 Å². The first kappa shape index (κ1) is 15.0. The standard InChI is InChI=1S/C11H21BrN4S/c1-5-16-10(8(12)6-14-16)9(15-13)7-17-11(2,3)4/h6,9,15H,5,7,13H2,1-4H3. The number of hydrogen-bond donors (Lipinski definition) is 2. The molecule has 6 heteroatoms. The van der Waals surface area contributed by atoms with E-state index in [9.17, 15) is 0 Å². The van der Waals surface area contributed by atoms with E-state index in [0.29, 0.717) is 0 Å².